The molecule has 0 bridgehead atoms. The smallest absolute Gasteiger partial charge is 0.166 e. The zero-order valence-corrected chi connectivity index (χ0v) is 13.1. The largest absolute Gasteiger partial charge is 0.306 e. The summed E-state index contributed by atoms with van der Waals surface area (Å²) < 4.78 is 2.09. The number of carbonyl (C=O) groups is 1. The number of aldehydes is 1. The number of rotatable bonds is 3. The van der Waals surface area contributed by atoms with Gasteiger partial charge < -0.3 is 4.57 Å². The molecule has 0 saturated carbocycles. The third-order valence-corrected chi connectivity index (χ3v) is 4.04. The normalized spacial score (nSPS) is 10.7. The van der Waals surface area contributed by atoms with Crippen LogP contribution in [0, 0.1) is 6.92 Å². The zero-order chi connectivity index (χ0) is 15.7. The van der Waals surface area contributed by atoms with Crippen molar-refractivity contribution in [1.82, 2.24) is 4.57 Å². The predicted molar refractivity (Wildman–Crippen MR) is 92.7 cm³/mol. The summed E-state index contributed by atoms with van der Waals surface area (Å²) in [6.07, 6.45) is 0.952. The number of nitrogens with zero attached hydrogens (tertiary/aromatic N) is 1. The van der Waals surface area contributed by atoms with Crippen molar-refractivity contribution in [1.29, 1.82) is 0 Å². The first kappa shape index (κ1) is 14.3. The van der Waals surface area contributed by atoms with Crippen molar-refractivity contribution in [3.05, 3.63) is 65.7 Å². The van der Waals surface area contributed by atoms with E-state index >= 15 is 0 Å². The van der Waals surface area contributed by atoms with Crippen molar-refractivity contribution in [3.63, 3.8) is 0 Å². The van der Waals surface area contributed by atoms with Gasteiger partial charge in [-0.3, -0.25) is 4.79 Å². The molecule has 1 aromatic heterocycles. The van der Waals surface area contributed by atoms with Gasteiger partial charge in [0.25, 0.3) is 0 Å². The molecular weight excluding hydrogens is 270 g/mol. The molecule has 2 heteroatoms. The van der Waals surface area contributed by atoms with Crippen LogP contribution in [0.25, 0.3) is 27.9 Å². The number of benzene rings is 2. The summed E-state index contributed by atoms with van der Waals surface area (Å²) >= 11 is 0. The molecule has 2 aromatic carbocycles. The Morgan fingerprint density at radius 3 is 2.23 bits per heavy atom. The van der Waals surface area contributed by atoms with Crippen molar-refractivity contribution in [2.45, 2.75) is 20.8 Å². The number of hydrogen-bond acceptors (Lipinski definition) is 1. The van der Waals surface area contributed by atoms with Gasteiger partial charge in [0.05, 0.1) is 16.9 Å². The minimum atomic E-state index is 0.711. The fourth-order valence-corrected chi connectivity index (χ4v) is 2.99. The minimum Gasteiger partial charge on any atom is -0.306 e. The van der Waals surface area contributed by atoms with Gasteiger partial charge in [-0.2, -0.15) is 0 Å². The van der Waals surface area contributed by atoms with E-state index in [0.717, 1.165) is 28.6 Å². The van der Waals surface area contributed by atoms with Crippen LogP contribution in [0.1, 0.15) is 19.4 Å². The van der Waals surface area contributed by atoms with Crippen LogP contribution >= 0.6 is 0 Å². The quantitative estimate of drug-likeness (QED) is 0.487. The Morgan fingerprint density at radius 2 is 1.59 bits per heavy atom. The summed E-state index contributed by atoms with van der Waals surface area (Å²) in [5.74, 6) is 0. The van der Waals surface area contributed by atoms with E-state index in [2.05, 4.69) is 35.8 Å². The molecule has 3 rings (SSSR count). The zero-order valence-electron chi connectivity index (χ0n) is 13.1. The molecule has 0 amide bonds. The van der Waals surface area contributed by atoms with Gasteiger partial charge in [0.2, 0.25) is 0 Å². The van der Waals surface area contributed by atoms with Gasteiger partial charge in [0.15, 0.2) is 6.29 Å². The topological polar surface area (TPSA) is 22.0 Å². The summed E-state index contributed by atoms with van der Waals surface area (Å²) in [5, 5.41) is 1.18. The van der Waals surface area contributed by atoms with E-state index in [1.54, 1.807) is 0 Å². The summed E-state index contributed by atoms with van der Waals surface area (Å²) in [6.45, 7) is 6.07. The summed E-state index contributed by atoms with van der Waals surface area (Å²) in [5.41, 5.74) is 6.20. The lowest BCUT2D eigenvalue weighted by molar-refractivity contribution is -0.103. The Hall–Kier alpha value is -2.61. The molecule has 110 valence electrons. The van der Waals surface area contributed by atoms with Gasteiger partial charge in [0.1, 0.15) is 0 Å². The molecule has 0 atom stereocenters. The molecule has 0 saturated heterocycles. The first-order chi connectivity index (χ1) is 10.6. The molecule has 0 spiro atoms. The van der Waals surface area contributed by atoms with E-state index in [0.29, 0.717) is 5.70 Å². The van der Waals surface area contributed by atoms with Gasteiger partial charge in [-0.15, -0.1) is 0 Å². The molecule has 2 nitrogen and oxygen atoms in total. The lowest BCUT2D eigenvalue weighted by Gasteiger charge is -2.13. The van der Waals surface area contributed by atoms with E-state index in [4.69, 9.17) is 0 Å². The first-order valence-electron chi connectivity index (χ1n) is 7.43. The number of aromatic nitrogens is 1. The van der Waals surface area contributed by atoms with Gasteiger partial charge in [-0.1, -0.05) is 48.5 Å². The fourth-order valence-electron chi connectivity index (χ4n) is 2.99. The van der Waals surface area contributed by atoms with E-state index < -0.39 is 0 Å². The van der Waals surface area contributed by atoms with Gasteiger partial charge in [-0.25, -0.2) is 0 Å². The molecule has 0 N–H and O–H groups in total. The van der Waals surface area contributed by atoms with Crippen LogP contribution < -0.4 is 0 Å². The number of allylic oxidation sites excluding steroid dienone is 2. The number of fused-ring (bicyclic) bond motifs is 1. The van der Waals surface area contributed by atoms with Crippen LogP contribution in [-0.2, 0) is 4.79 Å². The van der Waals surface area contributed by atoms with Gasteiger partial charge >= 0.3 is 0 Å². The Balaban J connectivity index is 2.48. The lowest BCUT2D eigenvalue weighted by Crippen LogP contribution is -2.02. The highest BCUT2D eigenvalue weighted by molar-refractivity contribution is 6.07. The number of aryl methyl sites for hydroxylation is 1. The Morgan fingerprint density at radius 1 is 0.955 bits per heavy atom. The van der Waals surface area contributed by atoms with Crippen LogP contribution in [0.4, 0.5) is 0 Å². The van der Waals surface area contributed by atoms with E-state index in [1.807, 2.05) is 44.2 Å². The molecule has 0 aliphatic carbocycles. The van der Waals surface area contributed by atoms with E-state index in [1.165, 1.54) is 10.9 Å². The molecule has 0 radical (unpaired) electrons. The van der Waals surface area contributed by atoms with Gasteiger partial charge in [-0.05, 0) is 43.5 Å². The maximum atomic E-state index is 11.7. The molecule has 0 aliphatic heterocycles. The summed E-state index contributed by atoms with van der Waals surface area (Å²) in [4.78, 5) is 11.7. The van der Waals surface area contributed by atoms with Gasteiger partial charge in [0, 0.05) is 5.39 Å². The molecule has 3 aromatic rings. The van der Waals surface area contributed by atoms with Crippen LogP contribution in [0.3, 0.4) is 0 Å². The molecule has 0 fully saturated rings. The van der Waals surface area contributed by atoms with Crippen LogP contribution in [0.15, 0.2) is 60.2 Å². The second kappa shape index (κ2) is 5.64. The van der Waals surface area contributed by atoms with Crippen molar-refractivity contribution >= 4 is 22.9 Å². The fraction of sp³-hybridized carbons (Fsp3) is 0.150. The second-order valence-corrected chi connectivity index (χ2v) is 5.70. The van der Waals surface area contributed by atoms with Crippen molar-refractivity contribution in [2.75, 3.05) is 0 Å². The Kier molecular flexibility index (Phi) is 3.68. The van der Waals surface area contributed by atoms with Crippen LogP contribution in [0.5, 0.6) is 0 Å². The highest BCUT2D eigenvalue weighted by Crippen LogP contribution is 2.35. The molecule has 0 unspecified atom stereocenters. The monoisotopic (exact) mass is 289 g/mol. The van der Waals surface area contributed by atoms with Crippen LogP contribution in [-0.4, -0.2) is 10.9 Å². The van der Waals surface area contributed by atoms with Crippen molar-refractivity contribution in [3.8, 4) is 11.3 Å². The summed E-state index contributed by atoms with van der Waals surface area (Å²) in [7, 11) is 0. The van der Waals surface area contributed by atoms with Crippen molar-refractivity contribution < 1.29 is 4.79 Å². The van der Waals surface area contributed by atoms with E-state index in [-0.39, 0.29) is 0 Å². The number of carbonyl (C=O) groups excluding carboxylic acids is 1. The third-order valence-electron chi connectivity index (χ3n) is 4.04. The highest BCUT2D eigenvalue weighted by Gasteiger charge is 2.18. The molecule has 0 aliphatic rings. The highest BCUT2D eigenvalue weighted by atomic mass is 16.1. The maximum Gasteiger partial charge on any atom is 0.166 e. The van der Waals surface area contributed by atoms with Crippen LogP contribution in [0.2, 0.25) is 0 Å². The Labute approximate surface area is 130 Å². The van der Waals surface area contributed by atoms with Crippen molar-refractivity contribution in [2.24, 2.45) is 0 Å². The van der Waals surface area contributed by atoms with E-state index in [9.17, 15) is 4.79 Å². The SMILES string of the molecule is CC(C)=C(C=O)n1c(-c2ccccc2)c(C)c2ccccc21. The Bertz CT molecular complexity index is 865. The average Bonchev–Trinajstić information content (AvgIpc) is 2.82. The third kappa shape index (κ3) is 2.17. The standard InChI is InChI=1S/C20H19NO/c1-14(2)19(13-22)21-18-12-8-7-11-17(18)15(3)20(21)16-9-5-4-6-10-16/h4-13H,1-3H3. The second-order valence-electron chi connectivity index (χ2n) is 5.70. The number of hydrogen-bond donors (Lipinski definition) is 0. The first-order valence-corrected chi connectivity index (χ1v) is 7.43. The maximum absolute atomic E-state index is 11.7. The predicted octanol–water partition coefficient (Wildman–Crippen LogP) is 5.07. The summed E-state index contributed by atoms with van der Waals surface area (Å²) in [6, 6.07) is 18.5. The number of para-hydroxylation sites is 1. The molecule has 22 heavy (non-hydrogen) atoms. The minimum absolute atomic E-state index is 0.711. The molecule has 1 heterocycles. The lowest BCUT2D eigenvalue weighted by atomic mass is 10.1. The average molecular weight is 289 g/mol. The molecular formula is C20H19NO.